The summed E-state index contributed by atoms with van der Waals surface area (Å²) in [7, 11) is 0. The van der Waals surface area contributed by atoms with Gasteiger partial charge in [0.25, 0.3) is 11.7 Å². The summed E-state index contributed by atoms with van der Waals surface area (Å²) in [4.78, 5) is 27.9. The number of ketones is 1. The average molecular weight is 517 g/mol. The van der Waals surface area contributed by atoms with E-state index in [1.807, 2.05) is 32.0 Å². The molecule has 1 N–H and O–H groups in total. The lowest BCUT2D eigenvalue weighted by molar-refractivity contribution is -0.132. The maximum Gasteiger partial charge on any atom is 0.300 e. The number of carbonyl (C=O) groups is 2. The number of Topliss-reactive ketones (excluding diaryl/α,β-unsaturated/α-hetero) is 1. The predicted molar refractivity (Wildman–Crippen MR) is 135 cm³/mol. The number of hydrogen-bond donors (Lipinski definition) is 1. The molecule has 1 saturated heterocycles. The summed E-state index contributed by atoms with van der Waals surface area (Å²) in [5, 5.41) is 12.1. The molecule has 1 aliphatic rings. The zero-order valence-electron chi connectivity index (χ0n) is 18.3. The smallest absolute Gasteiger partial charge is 0.300 e. The summed E-state index contributed by atoms with van der Waals surface area (Å²) in [6.07, 6.45) is 0. The molecule has 1 aliphatic heterocycles. The lowest BCUT2D eigenvalue weighted by atomic mass is 9.94. The molecule has 1 heterocycles. The molecule has 3 aromatic carbocycles. The standard InChI is InChI=1S/C26H20Cl3NO4/c1-3-34-17-8-10-19(27)18(13-17)24(31)22-23(15-6-4-5-14(2)11-15)30(26(33)25(22)32)16-7-9-20(28)21(29)12-16/h4-13,23,31H,3H2,1-2H3/b24-22+. The second-order valence-electron chi connectivity index (χ2n) is 7.76. The molecule has 1 unspecified atom stereocenters. The molecule has 1 fully saturated rings. The number of aryl methyl sites for hydroxylation is 1. The lowest BCUT2D eigenvalue weighted by Gasteiger charge is -2.26. The number of rotatable bonds is 5. The number of benzene rings is 3. The van der Waals surface area contributed by atoms with Gasteiger partial charge in [-0.2, -0.15) is 0 Å². The van der Waals surface area contributed by atoms with E-state index in [4.69, 9.17) is 39.5 Å². The first-order valence-electron chi connectivity index (χ1n) is 10.5. The van der Waals surface area contributed by atoms with Gasteiger partial charge in [0, 0.05) is 11.3 Å². The Labute approximate surface area is 212 Å². The van der Waals surface area contributed by atoms with Crippen LogP contribution in [0.3, 0.4) is 0 Å². The summed E-state index contributed by atoms with van der Waals surface area (Å²) in [6.45, 7) is 4.14. The quantitative estimate of drug-likeness (QED) is 0.226. The first kappa shape index (κ1) is 24.1. The van der Waals surface area contributed by atoms with Crippen molar-refractivity contribution in [3.05, 3.63) is 98.0 Å². The molecular weight excluding hydrogens is 497 g/mol. The molecule has 0 bridgehead atoms. The van der Waals surface area contributed by atoms with E-state index in [1.54, 1.807) is 36.4 Å². The first-order valence-corrected chi connectivity index (χ1v) is 11.6. The predicted octanol–water partition coefficient (Wildman–Crippen LogP) is 6.98. The molecule has 174 valence electrons. The van der Waals surface area contributed by atoms with E-state index in [2.05, 4.69) is 0 Å². The zero-order valence-corrected chi connectivity index (χ0v) is 20.6. The van der Waals surface area contributed by atoms with Crippen LogP contribution in [0.2, 0.25) is 15.1 Å². The molecule has 1 amide bonds. The molecular formula is C26H20Cl3NO4. The minimum absolute atomic E-state index is 0.0859. The number of aliphatic hydroxyl groups is 1. The van der Waals surface area contributed by atoms with Crippen LogP contribution in [0.5, 0.6) is 5.75 Å². The molecule has 0 spiro atoms. The Bertz CT molecular complexity index is 1340. The first-order chi connectivity index (χ1) is 16.2. The number of anilines is 1. The van der Waals surface area contributed by atoms with Gasteiger partial charge >= 0.3 is 0 Å². The van der Waals surface area contributed by atoms with Gasteiger partial charge in [-0.05, 0) is 55.8 Å². The zero-order chi connectivity index (χ0) is 24.6. The van der Waals surface area contributed by atoms with Crippen molar-refractivity contribution in [3.8, 4) is 5.75 Å². The Morgan fingerprint density at radius 1 is 0.971 bits per heavy atom. The summed E-state index contributed by atoms with van der Waals surface area (Å²) in [5.74, 6) is -1.56. The van der Waals surface area contributed by atoms with E-state index < -0.39 is 17.7 Å². The number of carbonyl (C=O) groups excluding carboxylic acids is 2. The highest BCUT2D eigenvalue weighted by Gasteiger charge is 2.47. The van der Waals surface area contributed by atoms with E-state index in [9.17, 15) is 14.7 Å². The summed E-state index contributed by atoms with van der Waals surface area (Å²) >= 11 is 18.6. The molecule has 4 rings (SSSR count). The third-order valence-corrected chi connectivity index (χ3v) is 6.56. The molecule has 3 aromatic rings. The van der Waals surface area contributed by atoms with Crippen LogP contribution in [0.4, 0.5) is 5.69 Å². The van der Waals surface area contributed by atoms with Gasteiger partial charge in [-0.3, -0.25) is 14.5 Å². The number of halogens is 3. The molecule has 0 aromatic heterocycles. The van der Waals surface area contributed by atoms with Crippen LogP contribution in [-0.2, 0) is 9.59 Å². The topological polar surface area (TPSA) is 66.8 Å². The SMILES string of the molecule is CCOc1ccc(Cl)c(/C(O)=C2\C(=O)C(=O)N(c3ccc(Cl)c(Cl)c3)C2c2cccc(C)c2)c1. The molecule has 1 atom stereocenters. The molecule has 5 nitrogen and oxygen atoms in total. The third kappa shape index (κ3) is 4.39. The normalized spacial score (nSPS) is 17.3. The van der Waals surface area contributed by atoms with Crippen LogP contribution in [0.1, 0.15) is 29.7 Å². The minimum Gasteiger partial charge on any atom is -0.507 e. The van der Waals surface area contributed by atoms with Gasteiger partial charge in [0.2, 0.25) is 0 Å². The molecule has 0 radical (unpaired) electrons. The number of hydrogen-bond acceptors (Lipinski definition) is 4. The van der Waals surface area contributed by atoms with Crippen molar-refractivity contribution in [2.24, 2.45) is 0 Å². The second kappa shape index (κ2) is 9.71. The van der Waals surface area contributed by atoms with Gasteiger partial charge in [-0.1, -0.05) is 64.6 Å². The van der Waals surface area contributed by atoms with E-state index >= 15 is 0 Å². The van der Waals surface area contributed by atoms with E-state index in [0.717, 1.165) is 5.56 Å². The lowest BCUT2D eigenvalue weighted by Crippen LogP contribution is -2.29. The maximum atomic E-state index is 13.3. The Balaban J connectivity index is 1.97. The monoisotopic (exact) mass is 515 g/mol. The number of ether oxygens (including phenoxy) is 1. The van der Waals surface area contributed by atoms with Crippen molar-refractivity contribution in [1.82, 2.24) is 0 Å². The molecule has 0 aliphatic carbocycles. The van der Waals surface area contributed by atoms with E-state index in [-0.39, 0.29) is 26.9 Å². The summed E-state index contributed by atoms with van der Waals surface area (Å²) in [5.41, 5.74) is 2.04. The summed E-state index contributed by atoms with van der Waals surface area (Å²) in [6, 6.07) is 15.9. The molecule has 34 heavy (non-hydrogen) atoms. The largest absolute Gasteiger partial charge is 0.507 e. The minimum atomic E-state index is -0.913. The second-order valence-corrected chi connectivity index (χ2v) is 8.98. The van der Waals surface area contributed by atoms with Crippen molar-refractivity contribution < 1.29 is 19.4 Å². The Kier molecular flexibility index (Phi) is 6.89. The van der Waals surface area contributed by atoms with Crippen LogP contribution >= 0.6 is 34.8 Å². The van der Waals surface area contributed by atoms with Gasteiger partial charge in [0.1, 0.15) is 11.5 Å². The van der Waals surface area contributed by atoms with Gasteiger partial charge in [0.05, 0.1) is 33.3 Å². The molecule has 8 heteroatoms. The number of amides is 1. The van der Waals surface area contributed by atoms with Crippen molar-refractivity contribution in [2.45, 2.75) is 19.9 Å². The third-order valence-electron chi connectivity index (χ3n) is 5.49. The van der Waals surface area contributed by atoms with Crippen LogP contribution < -0.4 is 9.64 Å². The van der Waals surface area contributed by atoms with Crippen molar-refractivity contribution >= 4 is 57.9 Å². The van der Waals surface area contributed by atoms with Crippen molar-refractivity contribution in [3.63, 3.8) is 0 Å². The Hall–Kier alpha value is -2.99. The van der Waals surface area contributed by atoms with Crippen LogP contribution in [-0.4, -0.2) is 23.4 Å². The van der Waals surface area contributed by atoms with Crippen LogP contribution in [0, 0.1) is 6.92 Å². The highest BCUT2D eigenvalue weighted by atomic mass is 35.5. The van der Waals surface area contributed by atoms with Gasteiger partial charge in [0.15, 0.2) is 0 Å². The average Bonchev–Trinajstić information content (AvgIpc) is 3.07. The van der Waals surface area contributed by atoms with Crippen molar-refractivity contribution in [1.29, 1.82) is 0 Å². The number of aliphatic hydroxyl groups excluding tert-OH is 1. The maximum absolute atomic E-state index is 13.3. The fourth-order valence-electron chi connectivity index (χ4n) is 3.98. The fourth-order valence-corrected chi connectivity index (χ4v) is 4.48. The Morgan fingerprint density at radius 2 is 1.71 bits per heavy atom. The van der Waals surface area contributed by atoms with E-state index in [0.29, 0.717) is 28.6 Å². The highest BCUT2D eigenvalue weighted by Crippen LogP contribution is 2.44. The van der Waals surface area contributed by atoms with Crippen LogP contribution in [0.25, 0.3) is 5.76 Å². The van der Waals surface area contributed by atoms with Crippen LogP contribution in [0.15, 0.2) is 66.2 Å². The van der Waals surface area contributed by atoms with Crippen molar-refractivity contribution in [2.75, 3.05) is 11.5 Å². The van der Waals surface area contributed by atoms with E-state index in [1.165, 1.54) is 11.0 Å². The van der Waals surface area contributed by atoms with Gasteiger partial charge in [-0.15, -0.1) is 0 Å². The van der Waals surface area contributed by atoms with Gasteiger partial charge < -0.3 is 9.84 Å². The summed E-state index contributed by atoms with van der Waals surface area (Å²) < 4.78 is 5.52. The molecule has 0 saturated carbocycles. The van der Waals surface area contributed by atoms with Gasteiger partial charge in [-0.25, -0.2) is 0 Å². The fraction of sp³-hybridized carbons (Fsp3) is 0.154. The Morgan fingerprint density at radius 3 is 2.38 bits per heavy atom. The highest BCUT2D eigenvalue weighted by molar-refractivity contribution is 6.52. The number of nitrogens with zero attached hydrogens (tertiary/aromatic N) is 1.